The molecule has 0 amide bonds. The molecule has 0 fully saturated rings. The Balaban J connectivity index is 2.33. The predicted molar refractivity (Wildman–Crippen MR) is 79.7 cm³/mol. The van der Waals surface area contributed by atoms with Crippen molar-refractivity contribution in [3.8, 4) is 5.75 Å². The molecule has 0 radical (unpaired) electrons. The van der Waals surface area contributed by atoms with E-state index < -0.39 is 15.8 Å². The van der Waals surface area contributed by atoms with E-state index in [1.165, 1.54) is 19.2 Å². The lowest BCUT2D eigenvalue weighted by atomic mass is 10.1. The number of rotatable bonds is 4. The van der Waals surface area contributed by atoms with E-state index in [1.807, 2.05) is 19.9 Å². The predicted octanol–water partition coefficient (Wildman–Crippen LogP) is 3.25. The summed E-state index contributed by atoms with van der Waals surface area (Å²) in [5, 5.41) is 0. The van der Waals surface area contributed by atoms with Crippen molar-refractivity contribution in [3.63, 3.8) is 0 Å². The van der Waals surface area contributed by atoms with Crippen molar-refractivity contribution >= 4 is 15.7 Å². The molecule has 0 aliphatic carbocycles. The van der Waals surface area contributed by atoms with Crippen LogP contribution in [0.3, 0.4) is 0 Å². The van der Waals surface area contributed by atoms with Crippen LogP contribution in [0.5, 0.6) is 5.75 Å². The molecule has 6 heteroatoms. The lowest BCUT2D eigenvalue weighted by molar-refractivity contribution is 0.385. The third-order valence-corrected chi connectivity index (χ3v) is 4.57. The van der Waals surface area contributed by atoms with Crippen LogP contribution < -0.4 is 9.46 Å². The highest BCUT2D eigenvalue weighted by atomic mass is 32.2. The number of anilines is 1. The van der Waals surface area contributed by atoms with Gasteiger partial charge in [0.05, 0.1) is 12.0 Å². The van der Waals surface area contributed by atoms with Gasteiger partial charge >= 0.3 is 0 Å². The second-order valence-corrected chi connectivity index (χ2v) is 6.38. The molecule has 112 valence electrons. The van der Waals surface area contributed by atoms with Crippen molar-refractivity contribution in [1.82, 2.24) is 0 Å². The van der Waals surface area contributed by atoms with E-state index in [0.717, 1.165) is 17.2 Å². The van der Waals surface area contributed by atoms with Crippen molar-refractivity contribution < 1.29 is 17.5 Å². The lowest BCUT2D eigenvalue weighted by Crippen LogP contribution is -2.13. The van der Waals surface area contributed by atoms with Gasteiger partial charge in [0.2, 0.25) is 0 Å². The van der Waals surface area contributed by atoms with Crippen LogP contribution in [0, 0.1) is 19.7 Å². The fraction of sp³-hybridized carbons (Fsp3) is 0.200. The molecule has 1 N–H and O–H groups in total. The molecule has 0 heterocycles. The van der Waals surface area contributed by atoms with Crippen LogP contribution in [0.1, 0.15) is 11.1 Å². The van der Waals surface area contributed by atoms with Gasteiger partial charge < -0.3 is 4.74 Å². The maximum atomic E-state index is 13.6. The van der Waals surface area contributed by atoms with Crippen LogP contribution in [0.4, 0.5) is 10.1 Å². The quantitative estimate of drug-likeness (QED) is 0.943. The van der Waals surface area contributed by atoms with Gasteiger partial charge in [-0.3, -0.25) is 4.72 Å². The van der Waals surface area contributed by atoms with Crippen molar-refractivity contribution in [2.75, 3.05) is 11.8 Å². The van der Waals surface area contributed by atoms with E-state index in [1.54, 1.807) is 12.1 Å². The van der Waals surface area contributed by atoms with Gasteiger partial charge in [0.1, 0.15) is 0 Å². The maximum absolute atomic E-state index is 13.6. The number of hydrogen-bond donors (Lipinski definition) is 1. The fourth-order valence-corrected chi connectivity index (χ4v) is 2.89. The summed E-state index contributed by atoms with van der Waals surface area (Å²) in [6.07, 6.45) is 0. The Morgan fingerprint density at radius 1 is 1.05 bits per heavy atom. The van der Waals surface area contributed by atoms with E-state index in [2.05, 4.69) is 4.72 Å². The van der Waals surface area contributed by atoms with Crippen molar-refractivity contribution in [1.29, 1.82) is 0 Å². The fourth-order valence-electron chi connectivity index (χ4n) is 1.83. The molecule has 2 aromatic rings. The van der Waals surface area contributed by atoms with Gasteiger partial charge in [-0.25, -0.2) is 12.8 Å². The molecule has 0 saturated heterocycles. The summed E-state index contributed by atoms with van der Waals surface area (Å²) in [6, 6.07) is 8.73. The molecule has 0 saturated carbocycles. The van der Waals surface area contributed by atoms with Crippen LogP contribution >= 0.6 is 0 Å². The molecule has 2 aromatic carbocycles. The zero-order valence-electron chi connectivity index (χ0n) is 12.0. The first-order valence-electron chi connectivity index (χ1n) is 6.27. The molecule has 0 atom stereocenters. The summed E-state index contributed by atoms with van der Waals surface area (Å²) in [5.74, 6) is -0.722. The summed E-state index contributed by atoms with van der Waals surface area (Å²) in [5.41, 5.74) is 2.47. The normalized spacial score (nSPS) is 11.2. The summed E-state index contributed by atoms with van der Waals surface area (Å²) < 4.78 is 45.3. The standard InChI is InChI=1S/C15H16FNO3S/c1-10-4-5-12(8-11(10)2)17-21(18,19)13-6-7-15(20-3)14(16)9-13/h4-9,17H,1-3H3. The van der Waals surface area contributed by atoms with E-state index in [0.29, 0.717) is 5.69 Å². The summed E-state index contributed by atoms with van der Waals surface area (Å²) in [6.45, 7) is 3.83. The van der Waals surface area contributed by atoms with Crippen molar-refractivity contribution in [3.05, 3.63) is 53.3 Å². The molecule has 21 heavy (non-hydrogen) atoms. The van der Waals surface area contributed by atoms with E-state index in [-0.39, 0.29) is 10.6 Å². The summed E-state index contributed by atoms with van der Waals surface area (Å²) in [4.78, 5) is -0.154. The van der Waals surface area contributed by atoms with Crippen LogP contribution in [0.25, 0.3) is 0 Å². The molecule has 0 aliphatic rings. The van der Waals surface area contributed by atoms with Crippen LogP contribution in [-0.4, -0.2) is 15.5 Å². The molecule has 0 aromatic heterocycles. The monoisotopic (exact) mass is 309 g/mol. The minimum absolute atomic E-state index is 0.000121. The molecule has 0 aliphatic heterocycles. The Morgan fingerprint density at radius 3 is 2.33 bits per heavy atom. The van der Waals surface area contributed by atoms with Gasteiger partial charge in [-0.15, -0.1) is 0 Å². The maximum Gasteiger partial charge on any atom is 0.262 e. The van der Waals surface area contributed by atoms with Crippen molar-refractivity contribution in [2.24, 2.45) is 0 Å². The lowest BCUT2D eigenvalue weighted by Gasteiger charge is -2.10. The first kappa shape index (κ1) is 15.3. The molecular formula is C15H16FNO3S. The molecule has 4 nitrogen and oxygen atoms in total. The Bertz CT molecular complexity index is 772. The minimum atomic E-state index is -3.84. The minimum Gasteiger partial charge on any atom is -0.494 e. The highest BCUT2D eigenvalue weighted by Gasteiger charge is 2.17. The number of ether oxygens (including phenoxy) is 1. The zero-order chi connectivity index (χ0) is 15.6. The van der Waals surface area contributed by atoms with E-state index in [9.17, 15) is 12.8 Å². The average molecular weight is 309 g/mol. The van der Waals surface area contributed by atoms with Crippen LogP contribution in [0.2, 0.25) is 0 Å². The highest BCUT2D eigenvalue weighted by Crippen LogP contribution is 2.23. The number of hydrogen-bond acceptors (Lipinski definition) is 3. The molecule has 0 bridgehead atoms. The second kappa shape index (κ2) is 5.73. The second-order valence-electron chi connectivity index (χ2n) is 4.70. The number of nitrogens with one attached hydrogen (secondary N) is 1. The SMILES string of the molecule is COc1ccc(S(=O)(=O)Nc2ccc(C)c(C)c2)cc1F. The van der Waals surface area contributed by atoms with Gasteiger partial charge in [0.25, 0.3) is 10.0 Å². The van der Waals surface area contributed by atoms with E-state index in [4.69, 9.17) is 4.74 Å². The summed E-state index contributed by atoms with van der Waals surface area (Å²) >= 11 is 0. The van der Waals surface area contributed by atoms with Crippen molar-refractivity contribution in [2.45, 2.75) is 18.7 Å². The number of methoxy groups -OCH3 is 1. The number of aryl methyl sites for hydroxylation is 2. The Hall–Kier alpha value is -2.08. The third kappa shape index (κ3) is 3.33. The topological polar surface area (TPSA) is 55.4 Å². The molecule has 0 unspecified atom stereocenters. The molecular weight excluding hydrogens is 293 g/mol. The first-order valence-corrected chi connectivity index (χ1v) is 7.75. The van der Waals surface area contributed by atoms with Gasteiger partial charge in [-0.05, 0) is 55.3 Å². The van der Waals surface area contributed by atoms with Gasteiger partial charge in [0.15, 0.2) is 11.6 Å². The Morgan fingerprint density at radius 2 is 1.76 bits per heavy atom. The summed E-state index contributed by atoms with van der Waals surface area (Å²) in [7, 11) is -2.52. The Kier molecular flexibility index (Phi) is 4.18. The molecule has 2 rings (SSSR count). The van der Waals surface area contributed by atoms with Gasteiger partial charge in [-0.1, -0.05) is 6.07 Å². The smallest absolute Gasteiger partial charge is 0.262 e. The largest absolute Gasteiger partial charge is 0.494 e. The third-order valence-electron chi connectivity index (χ3n) is 3.19. The average Bonchev–Trinajstić information content (AvgIpc) is 2.42. The number of benzene rings is 2. The van der Waals surface area contributed by atoms with E-state index >= 15 is 0 Å². The molecule has 0 spiro atoms. The van der Waals surface area contributed by atoms with Gasteiger partial charge in [0, 0.05) is 5.69 Å². The number of halogens is 1. The first-order chi connectivity index (χ1) is 9.83. The number of sulfonamides is 1. The highest BCUT2D eigenvalue weighted by molar-refractivity contribution is 7.92. The van der Waals surface area contributed by atoms with Crippen LogP contribution in [0.15, 0.2) is 41.3 Å². The zero-order valence-corrected chi connectivity index (χ0v) is 12.8. The van der Waals surface area contributed by atoms with Gasteiger partial charge in [-0.2, -0.15) is 0 Å². The Labute approximate surface area is 123 Å². The van der Waals surface area contributed by atoms with Crippen LogP contribution in [-0.2, 0) is 10.0 Å².